The second-order valence-electron chi connectivity index (χ2n) is 10.5. The predicted molar refractivity (Wildman–Crippen MR) is 148 cm³/mol. The summed E-state index contributed by atoms with van der Waals surface area (Å²) in [4.78, 5) is 34.2. The summed E-state index contributed by atoms with van der Waals surface area (Å²) in [7, 11) is 0. The SMILES string of the molecule is CC(=O)O[C@H](/C=C/[C@H](C)[C@H](C=O)/C(C)=C/C=C/[C@](C)(O)CCc1ccccc1)[C@](C)(O)CC[C@@H](O)CC=O. The van der Waals surface area contributed by atoms with Gasteiger partial charge in [0.1, 0.15) is 24.3 Å². The molecule has 0 bridgehead atoms. The minimum atomic E-state index is -1.48. The van der Waals surface area contributed by atoms with E-state index in [0.717, 1.165) is 23.8 Å². The molecule has 0 radical (unpaired) electrons. The third-order valence-corrected chi connectivity index (χ3v) is 6.66. The number of carbonyl (C=O) groups is 3. The van der Waals surface area contributed by atoms with Crippen LogP contribution in [0.5, 0.6) is 0 Å². The first-order valence-corrected chi connectivity index (χ1v) is 13.1. The fraction of sp³-hybridized carbons (Fsp3) is 0.516. The molecular weight excluding hydrogens is 484 g/mol. The van der Waals surface area contributed by atoms with Crippen LogP contribution in [0.3, 0.4) is 0 Å². The van der Waals surface area contributed by atoms with Crippen molar-refractivity contribution in [3.63, 3.8) is 0 Å². The lowest BCUT2D eigenvalue weighted by molar-refractivity contribution is -0.156. The average molecular weight is 529 g/mol. The molecule has 0 aliphatic heterocycles. The first-order chi connectivity index (χ1) is 17.8. The standard InChI is InChI=1S/C31H44O7/c1-23(10-9-18-30(4,36)19-15-26-11-7-6-8-12-26)28(22-33)24(2)13-14-29(38-25(3)34)31(5,37)20-16-27(35)17-21-32/h6-14,18,21-22,24,27-29,35-37H,15-17,19-20H2,1-5H3/b14-13+,18-9+,23-10+/t24-,27+,28+,29+,30-,31+/m0/s1. The summed E-state index contributed by atoms with van der Waals surface area (Å²) < 4.78 is 5.32. The van der Waals surface area contributed by atoms with E-state index in [-0.39, 0.29) is 25.2 Å². The molecule has 7 heteroatoms. The lowest BCUT2D eigenvalue weighted by atomic mass is 9.86. The summed E-state index contributed by atoms with van der Waals surface area (Å²) in [5, 5.41) is 31.5. The van der Waals surface area contributed by atoms with E-state index >= 15 is 0 Å². The second-order valence-corrected chi connectivity index (χ2v) is 10.5. The number of esters is 1. The lowest BCUT2D eigenvalue weighted by Gasteiger charge is -2.31. The van der Waals surface area contributed by atoms with Crippen LogP contribution in [-0.2, 0) is 25.5 Å². The number of hydrogen-bond donors (Lipinski definition) is 3. The fourth-order valence-electron chi connectivity index (χ4n) is 4.07. The van der Waals surface area contributed by atoms with Crippen molar-refractivity contribution in [1.29, 1.82) is 0 Å². The monoisotopic (exact) mass is 528 g/mol. The molecule has 0 amide bonds. The van der Waals surface area contributed by atoms with Crippen LogP contribution in [0.25, 0.3) is 0 Å². The highest BCUT2D eigenvalue weighted by Gasteiger charge is 2.33. The maximum atomic E-state index is 11.9. The van der Waals surface area contributed by atoms with Crippen molar-refractivity contribution < 1.29 is 34.4 Å². The van der Waals surface area contributed by atoms with Gasteiger partial charge in [-0.25, -0.2) is 0 Å². The van der Waals surface area contributed by atoms with Crippen molar-refractivity contribution in [1.82, 2.24) is 0 Å². The van der Waals surface area contributed by atoms with Gasteiger partial charge in [0.2, 0.25) is 0 Å². The average Bonchev–Trinajstić information content (AvgIpc) is 2.85. The van der Waals surface area contributed by atoms with Crippen LogP contribution < -0.4 is 0 Å². The number of aliphatic hydroxyl groups excluding tert-OH is 1. The first-order valence-electron chi connectivity index (χ1n) is 13.1. The Kier molecular flexibility index (Phi) is 14.1. The van der Waals surface area contributed by atoms with Gasteiger partial charge in [0.15, 0.2) is 0 Å². The minimum absolute atomic E-state index is 0.0370. The van der Waals surface area contributed by atoms with Crippen molar-refractivity contribution in [2.75, 3.05) is 0 Å². The van der Waals surface area contributed by atoms with Gasteiger partial charge in [0.05, 0.1) is 11.7 Å². The van der Waals surface area contributed by atoms with Crippen molar-refractivity contribution in [3.05, 3.63) is 71.8 Å². The summed E-state index contributed by atoms with van der Waals surface area (Å²) >= 11 is 0. The van der Waals surface area contributed by atoms with Gasteiger partial charge in [-0.05, 0) is 64.0 Å². The normalized spacial score (nSPS) is 18.8. The summed E-state index contributed by atoms with van der Waals surface area (Å²) in [6.45, 7) is 8.17. The molecule has 7 nitrogen and oxygen atoms in total. The van der Waals surface area contributed by atoms with Crippen molar-refractivity contribution in [3.8, 4) is 0 Å². The number of aldehydes is 2. The molecule has 1 rings (SSSR count). The predicted octanol–water partition coefficient (Wildman–Crippen LogP) is 4.29. The fourth-order valence-corrected chi connectivity index (χ4v) is 4.07. The Morgan fingerprint density at radius 1 is 1.05 bits per heavy atom. The molecule has 1 aromatic rings. The zero-order valence-corrected chi connectivity index (χ0v) is 23.2. The summed E-state index contributed by atoms with van der Waals surface area (Å²) in [5.41, 5.74) is -0.545. The molecule has 0 saturated carbocycles. The lowest BCUT2D eigenvalue weighted by Crippen LogP contribution is -2.41. The van der Waals surface area contributed by atoms with Gasteiger partial charge in [-0.15, -0.1) is 0 Å². The number of benzene rings is 1. The summed E-state index contributed by atoms with van der Waals surface area (Å²) in [5.74, 6) is -1.32. The smallest absolute Gasteiger partial charge is 0.303 e. The van der Waals surface area contributed by atoms with Crippen LogP contribution >= 0.6 is 0 Å². The number of carbonyl (C=O) groups excluding carboxylic acids is 3. The largest absolute Gasteiger partial charge is 0.455 e. The van der Waals surface area contributed by atoms with E-state index in [0.29, 0.717) is 12.7 Å². The third kappa shape index (κ3) is 12.6. The molecule has 3 N–H and O–H groups in total. The number of rotatable bonds is 17. The molecule has 0 aliphatic carbocycles. The summed E-state index contributed by atoms with van der Waals surface area (Å²) in [6.07, 6.45) is 9.64. The van der Waals surface area contributed by atoms with E-state index in [1.807, 2.05) is 44.2 Å². The molecule has 210 valence electrons. The number of aryl methyl sites for hydroxylation is 1. The minimum Gasteiger partial charge on any atom is -0.455 e. The van der Waals surface area contributed by atoms with Crippen molar-refractivity contribution in [2.45, 2.75) is 90.1 Å². The molecule has 0 spiro atoms. The van der Waals surface area contributed by atoms with Gasteiger partial charge >= 0.3 is 5.97 Å². The topological polar surface area (TPSA) is 121 Å². The van der Waals surface area contributed by atoms with Gasteiger partial charge < -0.3 is 29.6 Å². The van der Waals surface area contributed by atoms with E-state index in [4.69, 9.17) is 4.74 Å². The maximum Gasteiger partial charge on any atom is 0.303 e. The molecule has 0 heterocycles. The Bertz CT molecular complexity index is 960. The van der Waals surface area contributed by atoms with E-state index in [1.165, 1.54) is 13.8 Å². The number of allylic oxidation sites excluding steroid dienone is 4. The molecule has 6 atom stereocenters. The van der Waals surface area contributed by atoms with Crippen LogP contribution in [0.1, 0.15) is 65.9 Å². The maximum absolute atomic E-state index is 11.9. The van der Waals surface area contributed by atoms with Gasteiger partial charge in [0.25, 0.3) is 0 Å². The number of hydrogen-bond acceptors (Lipinski definition) is 7. The van der Waals surface area contributed by atoms with Crippen LogP contribution in [0.15, 0.2) is 66.3 Å². The Morgan fingerprint density at radius 3 is 2.29 bits per heavy atom. The molecule has 38 heavy (non-hydrogen) atoms. The zero-order valence-electron chi connectivity index (χ0n) is 23.2. The van der Waals surface area contributed by atoms with Crippen molar-refractivity contribution in [2.24, 2.45) is 11.8 Å². The van der Waals surface area contributed by atoms with E-state index in [2.05, 4.69) is 0 Å². The Balaban J connectivity index is 2.88. The van der Waals surface area contributed by atoms with Gasteiger partial charge in [-0.1, -0.05) is 67.1 Å². The van der Waals surface area contributed by atoms with Gasteiger partial charge in [0, 0.05) is 19.3 Å². The van der Waals surface area contributed by atoms with Gasteiger partial charge in [-0.2, -0.15) is 0 Å². The molecule has 0 aliphatic rings. The number of aliphatic hydroxyl groups is 3. The van der Waals surface area contributed by atoms with E-state index in [1.54, 1.807) is 37.3 Å². The second kappa shape index (κ2) is 16.2. The Hall–Kier alpha value is -2.87. The molecular formula is C31H44O7. The quantitative estimate of drug-likeness (QED) is 0.119. The molecule has 0 unspecified atom stereocenters. The van der Waals surface area contributed by atoms with E-state index < -0.39 is 35.3 Å². The number of ether oxygens (including phenoxy) is 1. The first kappa shape index (κ1) is 33.2. The molecule has 1 aromatic carbocycles. The molecule has 0 aromatic heterocycles. The Labute approximate surface area is 226 Å². The Morgan fingerprint density at radius 2 is 1.71 bits per heavy atom. The highest BCUT2D eigenvalue weighted by atomic mass is 16.6. The van der Waals surface area contributed by atoms with Crippen LogP contribution in [0.2, 0.25) is 0 Å². The van der Waals surface area contributed by atoms with E-state index in [9.17, 15) is 29.7 Å². The van der Waals surface area contributed by atoms with Crippen LogP contribution in [-0.4, -0.2) is 57.3 Å². The zero-order chi connectivity index (χ0) is 28.8. The highest BCUT2D eigenvalue weighted by molar-refractivity contribution is 5.66. The highest BCUT2D eigenvalue weighted by Crippen LogP contribution is 2.26. The third-order valence-electron chi connectivity index (χ3n) is 6.66. The summed E-state index contributed by atoms with van der Waals surface area (Å²) in [6, 6.07) is 9.94. The van der Waals surface area contributed by atoms with Crippen LogP contribution in [0.4, 0.5) is 0 Å². The molecule has 0 fully saturated rings. The van der Waals surface area contributed by atoms with Crippen LogP contribution in [0, 0.1) is 11.8 Å². The van der Waals surface area contributed by atoms with Crippen molar-refractivity contribution >= 4 is 18.5 Å². The van der Waals surface area contributed by atoms with Gasteiger partial charge in [-0.3, -0.25) is 4.79 Å². The molecule has 0 saturated heterocycles.